The van der Waals surface area contributed by atoms with Crippen LogP contribution < -0.4 is 0 Å². The van der Waals surface area contributed by atoms with Crippen LogP contribution in [0.5, 0.6) is 0 Å². The van der Waals surface area contributed by atoms with Crippen LogP contribution in [0.1, 0.15) is 54.9 Å². The fourth-order valence-electron chi connectivity index (χ4n) is 2.63. The second-order valence-electron chi connectivity index (χ2n) is 7.96. The van der Waals surface area contributed by atoms with E-state index in [0.717, 1.165) is 6.21 Å². The number of ketones is 1. The van der Waals surface area contributed by atoms with Gasteiger partial charge in [0.25, 0.3) is 0 Å². The molecule has 0 aromatic rings. The van der Waals surface area contributed by atoms with Crippen molar-refractivity contribution in [1.29, 1.82) is 0 Å². The molecule has 1 amide bonds. The van der Waals surface area contributed by atoms with E-state index in [4.69, 9.17) is 15.0 Å². The standard InChI is InChI=1S/C16H27N3O4/c1-14(2,3)23-13(21)19-11(10-22-16(19,6)7)8-15(4,5)12(20)9-18-17/h9,11H,8,10H2,1-7H3. The molecule has 0 N–H and O–H groups in total. The van der Waals surface area contributed by atoms with E-state index in [9.17, 15) is 9.59 Å². The van der Waals surface area contributed by atoms with Gasteiger partial charge in [-0.2, -0.15) is 4.79 Å². The minimum Gasteiger partial charge on any atom is -0.444 e. The lowest BCUT2D eigenvalue weighted by Crippen LogP contribution is -2.51. The number of Topliss-reactive ketones (excluding diaryl/α,β-unsaturated/α-hetero) is 1. The molecule has 130 valence electrons. The van der Waals surface area contributed by atoms with Crippen molar-refractivity contribution in [1.82, 2.24) is 4.90 Å². The zero-order valence-electron chi connectivity index (χ0n) is 15.0. The van der Waals surface area contributed by atoms with Crippen LogP contribution in [-0.4, -0.2) is 51.8 Å². The largest absolute Gasteiger partial charge is 0.444 e. The zero-order chi connectivity index (χ0) is 18.1. The Bertz CT molecular complexity index is 528. The maximum Gasteiger partial charge on any atom is 0.412 e. The third-order valence-corrected chi connectivity index (χ3v) is 3.75. The summed E-state index contributed by atoms with van der Waals surface area (Å²) in [5, 5.41) is 0. The molecule has 1 atom stereocenters. The molecule has 0 aromatic carbocycles. The Hall–Kier alpha value is -1.72. The van der Waals surface area contributed by atoms with Crippen molar-refractivity contribution >= 4 is 18.1 Å². The number of carbonyl (C=O) groups is 2. The minimum absolute atomic E-state index is 0.300. The maximum atomic E-state index is 12.5. The van der Waals surface area contributed by atoms with Gasteiger partial charge in [0.05, 0.1) is 12.6 Å². The average molecular weight is 325 g/mol. The Morgan fingerprint density at radius 2 is 1.91 bits per heavy atom. The first kappa shape index (κ1) is 19.3. The SMILES string of the molecule is CC(C)(C)OC(=O)N1C(CC(C)(C)C(=O)C=[N+]=[N-])COC1(C)C. The van der Waals surface area contributed by atoms with Gasteiger partial charge in [0.1, 0.15) is 11.3 Å². The lowest BCUT2D eigenvalue weighted by molar-refractivity contribution is -0.124. The van der Waals surface area contributed by atoms with E-state index in [1.54, 1.807) is 53.4 Å². The summed E-state index contributed by atoms with van der Waals surface area (Å²) in [6.07, 6.45) is 0.795. The van der Waals surface area contributed by atoms with Gasteiger partial charge >= 0.3 is 12.3 Å². The number of nitrogens with zero attached hydrogens (tertiary/aromatic N) is 3. The second-order valence-corrected chi connectivity index (χ2v) is 7.96. The highest BCUT2D eigenvalue weighted by atomic mass is 16.6. The van der Waals surface area contributed by atoms with Gasteiger partial charge in [-0.15, -0.1) is 0 Å². The Balaban J connectivity index is 2.99. The molecule has 0 radical (unpaired) electrons. The van der Waals surface area contributed by atoms with Crippen molar-refractivity contribution in [2.75, 3.05) is 6.61 Å². The first-order valence-corrected chi connectivity index (χ1v) is 7.68. The molecule has 0 aromatic heterocycles. The molecule has 1 unspecified atom stereocenters. The molecule has 1 aliphatic heterocycles. The van der Waals surface area contributed by atoms with E-state index in [1.807, 2.05) is 0 Å². The number of amides is 1. The van der Waals surface area contributed by atoms with Crippen LogP contribution in [-0.2, 0) is 14.3 Å². The van der Waals surface area contributed by atoms with Crippen molar-refractivity contribution in [3.8, 4) is 0 Å². The highest BCUT2D eigenvalue weighted by Gasteiger charge is 2.48. The molecular formula is C16H27N3O4. The van der Waals surface area contributed by atoms with E-state index < -0.39 is 22.8 Å². The highest BCUT2D eigenvalue weighted by molar-refractivity contribution is 6.27. The normalized spacial score (nSPS) is 20.8. The van der Waals surface area contributed by atoms with Crippen molar-refractivity contribution in [3.05, 3.63) is 5.53 Å². The van der Waals surface area contributed by atoms with Crippen molar-refractivity contribution in [2.24, 2.45) is 5.41 Å². The van der Waals surface area contributed by atoms with Gasteiger partial charge in [-0.3, -0.25) is 9.69 Å². The van der Waals surface area contributed by atoms with E-state index in [2.05, 4.69) is 4.79 Å². The summed E-state index contributed by atoms with van der Waals surface area (Å²) in [4.78, 5) is 28.9. The second kappa shape index (κ2) is 6.42. The van der Waals surface area contributed by atoms with E-state index in [-0.39, 0.29) is 11.8 Å². The van der Waals surface area contributed by atoms with Crippen molar-refractivity contribution < 1.29 is 23.9 Å². The molecule has 1 fully saturated rings. The lowest BCUT2D eigenvalue weighted by Gasteiger charge is -2.36. The van der Waals surface area contributed by atoms with Gasteiger partial charge in [-0.05, 0) is 41.0 Å². The van der Waals surface area contributed by atoms with Gasteiger partial charge in [0.15, 0.2) is 0 Å². The minimum atomic E-state index is -0.808. The average Bonchev–Trinajstić information content (AvgIpc) is 2.61. The summed E-state index contributed by atoms with van der Waals surface area (Å²) in [5.41, 5.74) is 6.34. The molecule has 1 rings (SSSR count). The monoisotopic (exact) mass is 325 g/mol. The molecule has 0 spiro atoms. The van der Waals surface area contributed by atoms with Gasteiger partial charge < -0.3 is 15.0 Å². The number of ether oxygens (including phenoxy) is 2. The van der Waals surface area contributed by atoms with Crippen LogP contribution >= 0.6 is 0 Å². The fraction of sp³-hybridized carbons (Fsp3) is 0.812. The fourth-order valence-corrected chi connectivity index (χ4v) is 2.63. The smallest absolute Gasteiger partial charge is 0.412 e. The van der Waals surface area contributed by atoms with Crippen LogP contribution in [0, 0.1) is 5.41 Å². The summed E-state index contributed by atoms with van der Waals surface area (Å²) in [7, 11) is 0. The molecular weight excluding hydrogens is 298 g/mol. The molecule has 0 saturated carbocycles. The van der Waals surface area contributed by atoms with Gasteiger partial charge in [-0.1, -0.05) is 13.8 Å². The van der Waals surface area contributed by atoms with Crippen molar-refractivity contribution in [3.63, 3.8) is 0 Å². The maximum absolute atomic E-state index is 12.5. The number of rotatable bonds is 4. The first-order chi connectivity index (χ1) is 10.3. The number of carbonyl (C=O) groups excluding carboxylic acids is 2. The van der Waals surface area contributed by atoms with Crippen LogP contribution in [0.2, 0.25) is 0 Å². The summed E-state index contributed by atoms with van der Waals surface area (Å²) in [6, 6.07) is -0.300. The molecule has 7 nitrogen and oxygen atoms in total. The van der Waals surface area contributed by atoms with Crippen molar-refractivity contribution in [2.45, 2.75) is 72.3 Å². The number of hydrogen-bond donors (Lipinski definition) is 0. The van der Waals surface area contributed by atoms with Gasteiger partial charge in [0, 0.05) is 5.41 Å². The zero-order valence-corrected chi connectivity index (χ0v) is 15.0. The first-order valence-electron chi connectivity index (χ1n) is 7.68. The van der Waals surface area contributed by atoms with Crippen LogP contribution in [0.25, 0.3) is 5.53 Å². The third-order valence-electron chi connectivity index (χ3n) is 3.75. The summed E-state index contributed by atoms with van der Waals surface area (Å²) >= 11 is 0. The predicted molar refractivity (Wildman–Crippen MR) is 85.0 cm³/mol. The molecule has 7 heteroatoms. The lowest BCUT2D eigenvalue weighted by atomic mass is 9.81. The molecule has 0 bridgehead atoms. The van der Waals surface area contributed by atoms with Crippen LogP contribution in [0.3, 0.4) is 0 Å². The van der Waals surface area contributed by atoms with E-state index in [1.165, 1.54) is 0 Å². The summed E-state index contributed by atoms with van der Waals surface area (Å²) in [6.45, 7) is 12.8. The van der Waals surface area contributed by atoms with Crippen LogP contribution in [0.15, 0.2) is 0 Å². The Morgan fingerprint density at radius 3 is 2.39 bits per heavy atom. The Labute approximate surface area is 137 Å². The van der Waals surface area contributed by atoms with E-state index in [0.29, 0.717) is 13.0 Å². The number of hydrogen-bond acceptors (Lipinski definition) is 4. The molecule has 1 saturated heterocycles. The van der Waals surface area contributed by atoms with Gasteiger partial charge in [0.2, 0.25) is 5.78 Å². The van der Waals surface area contributed by atoms with Gasteiger partial charge in [-0.25, -0.2) is 4.79 Å². The van der Waals surface area contributed by atoms with E-state index >= 15 is 0 Å². The summed E-state index contributed by atoms with van der Waals surface area (Å²) in [5.74, 6) is -0.311. The molecule has 23 heavy (non-hydrogen) atoms. The highest BCUT2D eigenvalue weighted by Crippen LogP contribution is 2.35. The third kappa shape index (κ3) is 4.88. The molecule has 0 aliphatic carbocycles. The van der Waals surface area contributed by atoms with Crippen LogP contribution in [0.4, 0.5) is 4.79 Å². The Kier molecular flexibility index (Phi) is 5.39. The summed E-state index contributed by atoms with van der Waals surface area (Å²) < 4.78 is 11.2. The topological polar surface area (TPSA) is 92.2 Å². The molecule has 1 heterocycles. The quantitative estimate of drug-likeness (QED) is 0.451. The molecule has 1 aliphatic rings. The predicted octanol–water partition coefficient (Wildman–Crippen LogP) is 2.64. The Morgan fingerprint density at radius 1 is 1.35 bits per heavy atom.